The molecule has 1 aromatic heterocycles. The molecule has 5 nitrogen and oxygen atoms in total. The SMILES string of the molecule is COC(=O)c1sccc1S(=O)(=O)NC(C)(C)CC(C)(C)C. The molecule has 0 atom stereocenters. The summed E-state index contributed by atoms with van der Waals surface area (Å²) in [6, 6.07) is 1.42. The number of ether oxygens (including phenoxy) is 1. The first kappa shape index (κ1) is 18.1. The third kappa shape index (κ3) is 5.09. The molecule has 0 spiro atoms. The van der Waals surface area contributed by atoms with Gasteiger partial charge in [0.15, 0.2) is 0 Å². The third-order valence-corrected chi connectivity index (χ3v) is 5.44. The van der Waals surface area contributed by atoms with Crippen LogP contribution >= 0.6 is 11.3 Å². The number of rotatable bonds is 5. The number of carbonyl (C=O) groups is 1. The van der Waals surface area contributed by atoms with E-state index < -0.39 is 21.5 Å². The van der Waals surface area contributed by atoms with Gasteiger partial charge in [0.1, 0.15) is 9.77 Å². The Kier molecular flexibility index (Phi) is 5.23. The number of esters is 1. The molecule has 0 aliphatic heterocycles. The van der Waals surface area contributed by atoms with Crippen molar-refractivity contribution in [2.75, 3.05) is 7.11 Å². The van der Waals surface area contributed by atoms with Crippen LogP contribution in [0.5, 0.6) is 0 Å². The van der Waals surface area contributed by atoms with Crippen molar-refractivity contribution in [2.24, 2.45) is 5.41 Å². The summed E-state index contributed by atoms with van der Waals surface area (Å²) in [6.07, 6.45) is 0.664. The van der Waals surface area contributed by atoms with Gasteiger partial charge in [0, 0.05) is 5.54 Å². The molecule has 0 aliphatic rings. The number of methoxy groups -OCH3 is 1. The maximum atomic E-state index is 12.5. The van der Waals surface area contributed by atoms with Gasteiger partial charge in [-0.15, -0.1) is 11.3 Å². The Morgan fingerprint density at radius 3 is 2.33 bits per heavy atom. The van der Waals surface area contributed by atoms with Crippen LogP contribution in [0.4, 0.5) is 0 Å². The first-order valence-corrected chi connectivity index (χ1v) is 8.94. The number of hydrogen-bond donors (Lipinski definition) is 1. The highest BCUT2D eigenvalue weighted by Crippen LogP contribution is 2.29. The lowest BCUT2D eigenvalue weighted by Gasteiger charge is -2.32. The van der Waals surface area contributed by atoms with E-state index in [0.29, 0.717) is 6.42 Å². The second kappa shape index (κ2) is 6.06. The van der Waals surface area contributed by atoms with Gasteiger partial charge in [-0.25, -0.2) is 17.9 Å². The van der Waals surface area contributed by atoms with Gasteiger partial charge in [0.2, 0.25) is 10.0 Å². The van der Waals surface area contributed by atoms with Crippen molar-refractivity contribution in [1.29, 1.82) is 0 Å². The highest BCUT2D eigenvalue weighted by molar-refractivity contribution is 7.89. The van der Waals surface area contributed by atoms with Crippen LogP contribution in [0.15, 0.2) is 16.3 Å². The molecule has 0 saturated heterocycles. The standard InChI is InChI=1S/C14H23NO4S2/c1-13(2,3)9-14(4,5)15-21(17,18)10-7-8-20-11(10)12(16)19-6/h7-8,15H,9H2,1-6H3. The fourth-order valence-corrected chi connectivity index (χ4v) is 5.28. The minimum atomic E-state index is -3.77. The molecule has 21 heavy (non-hydrogen) atoms. The molecule has 0 radical (unpaired) electrons. The fraction of sp³-hybridized carbons (Fsp3) is 0.643. The van der Waals surface area contributed by atoms with Crippen molar-refractivity contribution in [2.45, 2.75) is 51.5 Å². The molecular formula is C14H23NO4S2. The lowest BCUT2D eigenvalue weighted by Crippen LogP contribution is -2.45. The van der Waals surface area contributed by atoms with Gasteiger partial charge in [0.05, 0.1) is 7.11 Å². The van der Waals surface area contributed by atoms with Crippen LogP contribution in [0.25, 0.3) is 0 Å². The molecule has 1 aromatic rings. The maximum Gasteiger partial charge on any atom is 0.349 e. The monoisotopic (exact) mass is 333 g/mol. The summed E-state index contributed by atoms with van der Waals surface area (Å²) in [5.74, 6) is -0.640. The molecule has 0 amide bonds. The van der Waals surface area contributed by atoms with E-state index in [1.54, 1.807) is 5.38 Å². The Morgan fingerprint density at radius 1 is 1.29 bits per heavy atom. The van der Waals surface area contributed by atoms with E-state index >= 15 is 0 Å². The minimum Gasteiger partial charge on any atom is -0.465 e. The molecule has 1 N–H and O–H groups in total. The topological polar surface area (TPSA) is 72.5 Å². The Bertz CT molecular complexity index is 609. The predicted molar refractivity (Wildman–Crippen MR) is 84.1 cm³/mol. The summed E-state index contributed by atoms with van der Waals surface area (Å²) in [5, 5.41) is 1.57. The smallest absolute Gasteiger partial charge is 0.349 e. The third-order valence-electron chi connectivity index (χ3n) is 2.67. The van der Waals surface area contributed by atoms with Crippen LogP contribution in [0, 0.1) is 5.41 Å². The van der Waals surface area contributed by atoms with Crippen molar-refractivity contribution < 1.29 is 17.9 Å². The first-order valence-electron chi connectivity index (χ1n) is 6.58. The fourth-order valence-electron chi connectivity index (χ4n) is 2.53. The zero-order chi connectivity index (χ0) is 16.5. The summed E-state index contributed by atoms with van der Waals surface area (Å²) in [6.45, 7) is 9.81. The molecule has 0 unspecified atom stereocenters. The molecule has 0 aromatic carbocycles. The minimum absolute atomic E-state index is 0.0220. The van der Waals surface area contributed by atoms with Gasteiger partial charge in [-0.1, -0.05) is 20.8 Å². The van der Waals surface area contributed by atoms with Gasteiger partial charge < -0.3 is 4.74 Å². The summed E-state index contributed by atoms with van der Waals surface area (Å²) in [7, 11) is -2.54. The molecular weight excluding hydrogens is 310 g/mol. The van der Waals surface area contributed by atoms with Gasteiger partial charge in [-0.3, -0.25) is 0 Å². The molecule has 0 aliphatic carbocycles. The molecule has 0 fully saturated rings. The Balaban J connectivity index is 3.08. The van der Waals surface area contributed by atoms with Crippen molar-refractivity contribution in [3.8, 4) is 0 Å². The summed E-state index contributed by atoms with van der Waals surface area (Å²) in [4.78, 5) is 11.7. The van der Waals surface area contributed by atoms with Crippen LogP contribution in [-0.4, -0.2) is 27.0 Å². The zero-order valence-corrected chi connectivity index (χ0v) is 14.9. The van der Waals surface area contributed by atoms with E-state index in [2.05, 4.69) is 9.46 Å². The van der Waals surface area contributed by atoms with E-state index in [9.17, 15) is 13.2 Å². The van der Waals surface area contributed by atoms with Crippen LogP contribution in [0.1, 0.15) is 50.7 Å². The first-order chi connectivity index (χ1) is 9.38. The molecule has 1 rings (SSSR count). The zero-order valence-electron chi connectivity index (χ0n) is 13.3. The number of carbonyl (C=O) groups excluding carboxylic acids is 1. The summed E-state index contributed by atoms with van der Waals surface area (Å²) in [5.41, 5.74) is -0.641. The largest absolute Gasteiger partial charge is 0.465 e. The Hall–Kier alpha value is -0.920. The van der Waals surface area contributed by atoms with Gasteiger partial charge in [-0.2, -0.15) is 0 Å². The molecule has 0 bridgehead atoms. The van der Waals surface area contributed by atoms with E-state index in [1.807, 2.05) is 34.6 Å². The summed E-state index contributed by atoms with van der Waals surface area (Å²) < 4.78 is 32.3. The second-order valence-corrected chi connectivity index (χ2v) is 9.40. The van der Waals surface area contributed by atoms with Gasteiger partial charge in [-0.05, 0) is 37.1 Å². The number of thiophene rings is 1. The molecule has 7 heteroatoms. The molecule has 0 saturated carbocycles. The van der Waals surface area contributed by atoms with Crippen LogP contribution in [-0.2, 0) is 14.8 Å². The van der Waals surface area contributed by atoms with Crippen LogP contribution in [0.2, 0.25) is 0 Å². The predicted octanol–water partition coefficient (Wildman–Crippen LogP) is 3.03. The van der Waals surface area contributed by atoms with Crippen molar-refractivity contribution in [3.63, 3.8) is 0 Å². The number of sulfonamides is 1. The van der Waals surface area contributed by atoms with Crippen LogP contribution in [0.3, 0.4) is 0 Å². The number of hydrogen-bond acceptors (Lipinski definition) is 5. The lowest BCUT2D eigenvalue weighted by atomic mass is 9.82. The van der Waals surface area contributed by atoms with E-state index in [1.165, 1.54) is 13.2 Å². The number of nitrogens with one attached hydrogen (secondary N) is 1. The lowest BCUT2D eigenvalue weighted by molar-refractivity contribution is 0.0602. The average molecular weight is 333 g/mol. The van der Waals surface area contributed by atoms with Crippen molar-refractivity contribution in [3.05, 3.63) is 16.3 Å². The van der Waals surface area contributed by atoms with Gasteiger partial charge in [0.25, 0.3) is 0 Å². The van der Waals surface area contributed by atoms with Crippen molar-refractivity contribution >= 4 is 27.3 Å². The van der Waals surface area contributed by atoms with Crippen LogP contribution < -0.4 is 4.72 Å². The quantitative estimate of drug-likeness (QED) is 0.841. The average Bonchev–Trinajstić information content (AvgIpc) is 2.72. The van der Waals surface area contributed by atoms with E-state index in [0.717, 1.165) is 11.3 Å². The molecule has 1 heterocycles. The van der Waals surface area contributed by atoms with E-state index in [-0.39, 0.29) is 15.2 Å². The maximum absolute atomic E-state index is 12.5. The second-order valence-electron chi connectivity index (χ2n) is 6.83. The molecule has 120 valence electrons. The van der Waals surface area contributed by atoms with Gasteiger partial charge >= 0.3 is 5.97 Å². The van der Waals surface area contributed by atoms with E-state index in [4.69, 9.17) is 0 Å². The normalized spacial score (nSPS) is 13.2. The highest BCUT2D eigenvalue weighted by Gasteiger charge is 2.33. The van der Waals surface area contributed by atoms with Crippen molar-refractivity contribution in [1.82, 2.24) is 4.72 Å². The Morgan fingerprint density at radius 2 is 1.86 bits per heavy atom. The summed E-state index contributed by atoms with van der Waals surface area (Å²) >= 11 is 1.05. The Labute approximate surface area is 130 Å². The highest BCUT2D eigenvalue weighted by atomic mass is 32.2.